The highest BCUT2D eigenvalue weighted by Gasteiger charge is 2.11. The average Bonchev–Trinajstić information content (AvgIpc) is 2.60. The number of fused-ring (bicyclic) bond motifs is 1. The van der Waals surface area contributed by atoms with E-state index in [4.69, 9.17) is 0 Å². The van der Waals surface area contributed by atoms with E-state index in [1.54, 1.807) is 11.9 Å². The Morgan fingerprint density at radius 1 is 1.43 bits per heavy atom. The second-order valence-corrected chi connectivity index (χ2v) is 3.71. The number of H-pyrrole nitrogens is 1. The van der Waals surface area contributed by atoms with Gasteiger partial charge in [-0.3, -0.25) is 4.79 Å². The van der Waals surface area contributed by atoms with E-state index < -0.39 is 0 Å². The first-order valence-electron chi connectivity index (χ1n) is 4.19. The van der Waals surface area contributed by atoms with Crippen molar-refractivity contribution in [1.29, 1.82) is 0 Å². The first-order chi connectivity index (χ1) is 6.70. The van der Waals surface area contributed by atoms with Crippen molar-refractivity contribution < 1.29 is 4.79 Å². The lowest BCUT2D eigenvalue weighted by Crippen LogP contribution is -2.18. The van der Waals surface area contributed by atoms with Crippen LogP contribution in [0.1, 0.15) is 0 Å². The minimum atomic E-state index is -0.151. The van der Waals surface area contributed by atoms with Gasteiger partial charge in [0.1, 0.15) is 0 Å². The van der Waals surface area contributed by atoms with Crippen molar-refractivity contribution >= 4 is 37.3 Å². The fourth-order valence-corrected chi connectivity index (χ4v) is 1.62. The van der Waals surface area contributed by atoms with Gasteiger partial charge >= 0.3 is 0 Å². The van der Waals surface area contributed by atoms with Crippen molar-refractivity contribution in [1.82, 2.24) is 4.98 Å². The third-order valence-electron chi connectivity index (χ3n) is 2.19. The smallest absolute Gasteiger partial charge is 0.293 e. The van der Waals surface area contributed by atoms with Gasteiger partial charge < -0.3 is 9.88 Å². The number of amides is 1. The van der Waals surface area contributed by atoms with Crippen LogP contribution in [0, 0.1) is 0 Å². The molecule has 0 aliphatic heterocycles. The van der Waals surface area contributed by atoms with Crippen LogP contribution in [-0.2, 0) is 0 Å². The van der Waals surface area contributed by atoms with E-state index in [-0.39, 0.29) is 4.82 Å². The quantitative estimate of drug-likeness (QED) is 0.615. The molecule has 1 aromatic heterocycles. The second-order valence-electron chi connectivity index (χ2n) is 3.03. The first kappa shape index (κ1) is 9.27. The van der Waals surface area contributed by atoms with Crippen LogP contribution >= 0.6 is 15.9 Å². The Labute approximate surface area is 89.8 Å². The Morgan fingerprint density at radius 3 is 2.86 bits per heavy atom. The number of benzene rings is 1. The second kappa shape index (κ2) is 3.46. The molecule has 0 saturated heterocycles. The molecule has 1 amide bonds. The molecule has 0 spiro atoms. The van der Waals surface area contributed by atoms with E-state index >= 15 is 0 Å². The summed E-state index contributed by atoms with van der Waals surface area (Å²) < 4.78 is 0. The summed E-state index contributed by atoms with van der Waals surface area (Å²) in [6.45, 7) is 0. The highest BCUT2D eigenvalue weighted by molar-refractivity contribution is 9.18. The molecule has 1 heterocycles. The highest BCUT2D eigenvalue weighted by Crippen LogP contribution is 2.26. The van der Waals surface area contributed by atoms with Gasteiger partial charge in [0.2, 0.25) is 0 Å². The van der Waals surface area contributed by atoms with Crippen LogP contribution in [-0.4, -0.2) is 16.8 Å². The van der Waals surface area contributed by atoms with Crippen LogP contribution in [0.5, 0.6) is 0 Å². The van der Waals surface area contributed by atoms with Gasteiger partial charge in [-0.05, 0) is 6.07 Å². The topological polar surface area (TPSA) is 36.1 Å². The van der Waals surface area contributed by atoms with Crippen molar-refractivity contribution in [2.45, 2.75) is 0 Å². The molecule has 3 nitrogen and oxygen atoms in total. The van der Waals surface area contributed by atoms with Crippen LogP contribution in [0.15, 0.2) is 30.5 Å². The first-order valence-corrected chi connectivity index (χ1v) is 4.99. The van der Waals surface area contributed by atoms with E-state index in [0.29, 0.717) is 0 Å². The Hall–Kier alpha value is -1.29. The standard InChI is InChI=1S/C10H9BrN2O/c1-13(10(11)14)9-6-12-8-5-3-2-4-7(8)9/h2-6,12H,1H3. The summed E-state index contributed by atoms with van der Waals surface area (Å²) in [4.78, 5) is 15.6. The summed E-state index contributed by atoms with van der Waals surface area (Å²) in [5, 5.41) is 1.04. The van der Waals surface area contributed by atoms with Crippen LogP contribution in [0.25, 0.3) is 10.9 Å². The van der Waals surface area contributed by atoms with Gasteiger partial charge in [-0.25, -0.2) is 0 Å². The molecule has 1 N–H and O–H groups in total. The number of rotatable bonds is 1. The molecular weight excluding hydrogens is 244 g/mol. The molecule has 0 radical (unpaired) electrons. The van der Waals surface area contributed by atoms with E-state index in [1.165, 1.54) is 0 Å². The molecule has 4 heteroatoms. The number of nitrogens with zero attached hydrogens (tertiary/aromatic N) is 1. The fraction of sp³-hybridized carbons (Fsp3) is 0.100. The summed E-state index contributed by atoms with van der Waals surface area (Å²) in [7, 11) is 1.73. The maximum Gasteiger partial charge on any atom is 0.293 e. The molecule has 0 aliphatic rings. The van der Waals surface area contributed by atoms with Crippen molar-refractivity contribution in [3.63, 3.8) is 0 Å². The summed E-state index contributed by atoms with van der Waals surface area (Å²) in [6.07, 6.45) is 1.82. The van der Waals surface area contributed by atoms with Gasteiger partial charge in [0.25, 0.3) is 4.82 Å². The number of anilines is 1. The number of nitrogens with one attached hydrogen (secondary N) is 1. The van der Waals surface area contributed by atoms with Gasteiger partial charge in [-0.2, -0.15) is 0 Å². The number of carbonyl (C=O) groups is 1. The summed E-state index contributed by atoms with van der Waals surface area (Å²) in [5.41, 5.74) is 1.91. The maximum atomic E-state index is 11.1. The zero-order chi connectivity index (χ0) is 10.1. The normalized spacial score (nSPS) is 10.4. The Morgan fingerprint density at radius 2 is 2.14 bits per heavy atom. The number of carbonyl (C=O) groups excluding carboxylic acids is 1. The number of hydrogen-bond acceptors (Lipinski definition) is 1. The fourth-order valence-electron chi connectivity index (χ4n) is 1.43. The Kier molecular flexibility index (Phi) is 2.29. The molecular formula is C10H9BrN2O. The van der Waals surface area contributed by atoms with Gasteiger partial charge in [0.05, 0.1) is 5.69 Å². The van der Waals surface area contributed by atoms with Crippen LogP contribution in [0.4, 0.5) is 10.5 Å². The minimum absolute atomic E-state index is 0.151. The third kappa shape index (κ3) is 1.42. The largest absolute Gasteiger partial charge is 0.359 e. The minimum Gasteiger partial charge on any atom is -0.359 e. The van der Waals surface area contributed by atoms with Gasteiger partial charge in [-0.1, -0.05) is 18.2 Å². The Bertz CT molecular complexity index is 478. The monoisotopic (exact) mass is 252 g/mol. The van der Waals surface area contributed by atoms with Crippen LogP contribution < -0.4 is 4.90 Å². The molecule has 1 aromatic carbocycles. The van der Waals surface area contributed by atoms with E-state index in [2.05, 4.69) is 20.9 Å². The SMILES string of the molecule is CN(C(=O)Br)c1c[nH]c2ccccc12. The van der Waals surface area contributed by atoms with Crippen LogP contribution in [0.2, 0.25) is 0 Å². The summed E-state index contributed by atoms with van der Waals surface area (Å²) >= 11 is 2.92. The maximum absolute atomic E-state index is 11.1. The molecule has 0 atom stereocenters. The van der Waals surface area contributed by atoms with E-state index in [1.807, 2.05) is 30.5 Å². The molecule has 72 valence electrons. The lowest BCUT2D eigenvalue weighted by Gasteiger charge is -2.11. The molecule has 14 heavy (non-hydrogen) atoms. The molecule has 0 unspecified atom stereocenters. The number of aromatic nitrogens is 1. The zero-order valence-corrected chi connectivity index (χ0v) is 9.21. The molecule has 0 aliphatic carbocycles. The van der Waals surface area contributed by atoms with E-state index in [9.17, 15) is 4.79 Å². The van der Waals surface area contributed by atoms with Crippen molar-refractivity contribution in [2.75, 3.05) is 11.9 Å². The molecule has 0 bridgehead atoms. The average molecular weight is 253 g/mol. The predicted molar refractivity (Wildman–Crippen MR) is 61.0 cm³/mol. The van der Waals surface area contributed by atoms with Crippen LogP contribution in [0.3, 0.4) is 0 Å². The molecule has 2 aromatic rings. The summed E-state index contributed by atoms with van der Waals surface area (Å²) in [6, 6.07) is 7.86. The lowest BCUT2D eigenvalue weighted by atomic mass is 10.2. The number of aromatic amines is 1. The van der Waals surface area contributed by atoms with E-state index in [0.717, 1.165) is 16.6 Å². The highest BCUT2D eigenvalue weighted by atomic mass is 79.9. The number of halogens is 1. The predicted octanol–water partition coefficient (Wildman–Crippen LogP) is 3.12. The molecule has 0 fully saturated rings. The third-order valence-corrected chi connectivity index (χ3v) is 2.72. The number of hydrogen-bond donors (Lipinski definition) is 1. The lowest BCUT2D eigenvalue weighted by molar-refractivity contribution is 0.267. The Balaban J connectivity index is 2.58. The molecule has 0 saturated carbocycles. The van der Waals surface area contributed by atoms with Gasteiger partial charge in [0, 0.05) is 40.1 Å². The number of para-hydroxylation sites is 1. The summed E-state index contributed by atoms with van der Waals surface area (Å²) in [5.74, 6) is 0. The van der Waals surface area contributed by atoms with Crippen molar-refractivity contribution in [3.05, 3.63) is 30.5 Å². The van der Waals surface area contributed by atoms with Crippen molar-refractivity contribution in [2.24, 2.45) is 0 Å². The van der Waals surface area contributed by atoms with Gasteiger partial charge in [-0.15, -0.1) is 0 Å². The van der Waals surface area contributed by atoms with Gasteiger partial charge in [0.15, 0.2) is 0 Å². The zero-order valence-electron chi connectivity index (χ0n) is 7.62. The van der Waals surface area contributed by atoms with Crippen molar-refractivity contribution in [3.8, 4) is 0 Å². The molecule has 2 rings (SSSR count).